The highest BCUT2D eigenvalue weighted by Gasteiger charge is 2.38. The summed E-state index contributed by atoms with van der Waals surface area (Å²) in [6.07, 6.45) is 3.91. The Balaban J connectivity index is 1.44. The van der Waals surface area contributed by atoms with E-state index in [0.717, 1.165) is 29.5 Å². The normalized spacial score (nSPS) is 18.5. The minimum absolute atomic E-state index is 0.0955. The molecule has 5 rings (SSSR count). The molecule has 3 heterocycles. The number of fused-ring (bicyclic) bond motifs is 2. The van der Waals surface area contributed by atoms with Gasteiger partial charge in [-0.15, -0.1) is 0 Å². The van der Waals surface area contributed by atoms with E-state index in [2.05, 4.69) is 48.9 Å². The molecule has 0 amide bonds. The Morgan fingerprint density at radius 1 is 1.09 bits per heavy atom. The van der Waals surface area contributed by atoms with E-state index < -0.39 is 5.60 Å². The molecule has 0 fully saturated rings. The van der Waals surface area contributed by atoms with Crippen LogP contribution in [-0.4, -0.2) is 27.7 Å². The zero-order valence-electron chi connectivity index (χ0n) is 18.9. The third-order valence-electron chi connectivity index (χ3n) is 6.72. The first-order valence-corrected chi connectivity index (χ1v) is 11.3. The van der Waals surface area contributed by atoms with Gasteiger partial charge in [-0.2, -0.15) is 4.98 Å². The molecule has 164 valence electrons. The molecule has 1 unspecified atom stereocenters. The fourth-order valence-corrected chi connectivity index (χ4v) is 4.60. The summed E-state index contributed by atoms with van der Waals surface area (Å²) < 4.78 is 11.8. The van der Waals surface area contributed by atoms with E-state index in [-0.39, 0.29) is 11.8 Å². The van der Waals surface area contributed by atoms with Crippen molar-refractivity contribution >= 4 is 12.0 Å². The molecule has 0 spiro atoms. The molecular formula is C26H27N3O3. The highest BCUT2D eigenvalue weighted by Crippen LogP contribution is 2.39. The lowest BCUT2D eigenvalue weighted by atomic mass is 9.85. The molecule has 6 nitrogen and oxygen atoms in total. The summed E-state index contributed by atoms with van der Waals surface area (Å²) in [7, 11) is 0. The van der Waals surface area contributed by atoms with Crippen LogP contribution < -0.4 is 4.74 Å². The van der Waals surface area contributed by atoms with Crippen LogP contribution in [0, 0.1) is 5.92 Å². The lowest BCUT2D eigenvalue weighted by molar-refractivity contribution is 0.0350. The van der Waals surface area contributed by atoms with E-state index in [1.54, 1.807) is 0 Å². The van der Waals surface area contributed by atoms with Gasteiger partial charge in [0.15, 0.2) is 5.78 Å². The summed E-state index contributed by atoms with van der Waals surface area (Å²) >= 11 is 0. The first-order valence-electron chi connectivity index (χ1n) is 11.3. The molecule has 1 aromatic heterocycles. The number of ether oxygens (including phenoxy) is 1. The van der Waals surface area contributed by atoms with Gasteiger partial charge in [-0.25, -0.2) is 0 Å². The zero-order valence-corrected chi connectivity index (χ0v) is 18.9. The van der Waals surface area contributed by atoms with Gasteiger partial charge < -0.3 is 9.26 Å². The number of carbonyl (C=O) groups is 1. The molecule has 2 aliphatic rings. The number of aromatic nitrogens is 2. The van der Waals surface area contributed by atoms with Crippen LogP contribution in [0.3, 0.4) is 0 Å². The molecule has 1 atom stereocenters. The molecule has 3 aromatic rings. The SMILES string of the molecule is CCC1(CC)CC(=O)c2cc(-c3noc(-c4ccc5c(c4)C=NC5C(C)C)n3)ccc2O1. The Kier molecular flexibility index (Phi) is 4.96. The number of nitrogens with zero attached hydrogens (tertiary/aromatic N) is 3. The predicted octanol–water partition coefficient (Wildman–Crippen LogP) is 6.06. The first-order chi connectivity index (χ1) is 15.4. The zero-order chi connectivity index (χ0) is 22.5. The van der Waals surface area contributed by atoms with Crippen LogP contribution in [0.2, 0.25) is 0 Å². The molecule has 32 heavy (non-hydrogen) atoms. The Morgan fingerprint density at radius 3 is 2.62 bits per heavy atom. The topological polar surface area (TPSA) is 77.6 Å². The standard InChI is InChI=1S/C26H27N3O3/c1-5-26(6-2)13-21(30)20-12-16(8-10-22(20)31-26)24-28-25(32-29-24)17-7-9-19-18(11-17)14-27-23(19)15(3)4/h7-12,14-15,23H,5-6,13H2,1-4H3. The average Bonchev–Trinajstić information content (AvgIpc) is 3.46. The monoisotopic (exact) mass is 429 g/mol. The fourth-order valence-electron chi connectivity index (χ4n) is 4.60. The highest BCUT2D eigenvalue weighted by molar-refractivity contribution is 6.01. The van der Waals surface area contributed by atoms with Gasteiger partial charge in [-0.3, -0.25) is 9.79 Å². The van der Waals surface area contributed by atoms with Gasteiger partial charge in [0.2, 0.25) is 5.82 Å². The van der Waals surface area contributed by atoms with E-state index in [4.69, 9.17) is 9.26 Å². The maximum Gasteiger partial charge on any atom is 0.258 e. The number of hydrogen-bond donors (Lipinski definition) is 0. The minimum atomic E-state index is -0.406. The summed E-state index contributed by atoms with van der Waals surface area (Å²) in [6, 6.07) is 11.9. The number of benzene rings is 2. The molecule has 0 saturated carbocycles. The number of rotatable bonds is 5. The van der Waals surface area contributed by atoms with Crippen LogP contribution in [0.4, 0.5) is 0 Å². The molecular weight excluding hydrogens is 402 g/mol. The molecule has 0 N–H and O–H groups in total. The molecule has 0 radical (unpaired) electrons. The van der Waals surface area contributed by atoms with Crippen molar-refractivity contribution in [3.05, 3.63) is 53.1 Å². The Bertz CT molecular complexity index is 1220. The van der Waals surface area contributed by atoms with Crippen molar-refractivity contribution in [2.24, 2.45) is 10.9 Å². The summed E-state index contributed by atoms with van der Waals surface area (Å²) in [5.74, 6) is 2.07. The van der Waals surface area contributed by atoms with E-state index in [1.807, 2.05) is 36.5 Å². The number of carbonyl (C=O) groups excluding carboxylic acids is 1. The second-order valence-corrected chi connectivity index (χ2v) is 9.04. The van der Waals surface area contributed by atoms with E-state index in [0.29, 0.717) is 35.4 Å². The van der Waals surface area contributed by atoms with Crippen LogP contribution in [-0.2, 0) is 0 Å². The van der Waals surface area contributed by atoms with Crippen molar-refractivity contribution in [1.82, 2.24) is 10.1 Å². The Labute approximate surface area is 187 Å². The first kappa shape index (κ1) is 20.6. The van der Waals surface area contributed by atoms with Crippen LogP contribution in [0.5, 0.6) is 5.75 Å². The van der Waals surface area contributed by atoms with Gasteiger partial charge in [-0.05, 0) is 60.2 Å². The predicted molar refractivity (Wildman–Crippen MR) is 123 cm³/mol. The van der Waals surface area contributed by atoms with Crippen LogP contribution >= 0.6 is 0 Å². The second kappa shape index (κ2) is 7.69. The quantitative estimate of drug-likeness (QED) is 0.493. The van der Waals surface area contributed by atoms with E-state index in [9.17, 15) is 4.79 Å². The van der Waals surface area contributed by atoms with Gasteiger partial charge in [0.1, 0.15) is 11.4 Å². The average molecular weight is 430 g/mol. The summed E-state index contributed by atoms with van der Waals surface area (Å²) in [5, 5.41) is 4.16. The number of Topliss-reactive ketones (excluding diaryl/α,β-unsaturated/α-hetero) is 1. The van der Waals surface area contributed by atoms with Crippen molar-refractivity contribution in [1.29, 1.82) is 0 Å². The summed E-state index contributed by atoms with van der Waals surface area (Å²) in [6.45, 7) is 8.47. The molecule has 0 saturated heterocycles. The smallest absolute Gasteiger partial charge is 0.258 e. The van der Waals surface area contributed by atoms with Crippen molar-refractivity contribution in [2.75, 3.05) is 0 Å². The lowest BCUT2D eigenvalue weighted by Crippen LogP contribution is -2.40. The van der Waals surface area contributed by atoms with Crippen LogP contribution in [0.1, 0.15) is 74.5 Å². The Hall–Kier alpha value is -3.28. The van der Waals surface area contributed by atoms with Gasteiger partial charge in [0.25, 0.3) is 5.89 Å². The second-order valence-electron chi connectivity index (χ2n) is 9.04. The van der Waals surface area contributed by atoms with Gasteiger partial charge in [0, 0.05) is 17.3 Å². The van der Waals surface area contributed by atoms with Crippen molar-refractivity contribution < 1.29 is 14.1 Å². The van der Waals surface area contributed by atoms with Crippen LogP contribution in [0.15, 0.2) is 45.9 Å². The number of ketones is 1. The highest BCUT2D eigenvalue weighted by atomic mass is 16.5. The molecule has 6 heteroatoms. The maximum atomic E-state index is 12.9. The van der Waals surface area contributed by atoms with Crippen molar-refractivity contribution in [2.45, 2.75) is 58.6 Å². The number of aliphatic imine (C=N–C) groups is 1. The fraction of sp³-hybridized carbons (Fsp3) is 0.385. The van der Waals surface area contributed by atoms with Gasteiger partial charge in [-0.1, -0.05) is 38.9 Å². The van der Waals surface area contributed by atoms with Crippen molar-refractivity contribution in [3.8, 4) is 28.6 Å². The summed E-state index contributed by atoms with van der Waals surface area (Å²) in [4.78, 5) is 22.1. The number of hydrogen-bond acceptors (Lipinski definition) is 6. The molecule has 2 aromatic carbocycles. The summed E-state index contributed by atoms with van der Waals surface area (Å²) in [5.41, 5.74) is 4.08. The molecule has 2 aliphatic heterocycles. The van der Waals surface area contributed by atoms with E-state index >= 15 is 0 Å². The maximum absolute atomic E-state index is 12.9. The Morgan fingerprint density at radius 2 is 1.88 bits per heavy atom. The van der Waals surface area contributed by atoms with Gasteiger partial charge >= 0.3 is 0 Å². The molecule has 0 bridgehead atoms. The minimum Gasteiger partial charge on any atom is -0.486 e. The van der Waals surface area contributed by atoms with Crippen LogP contribution in [0.25, 0.3) is 22.8 Å². The van der Waals surface area contributed by atoms with Gasteiger partial charge in [0.05, 0.1) is 18.0 Å². The largest absolute Gasteiger partial charge is 0.486 e. The third-order valence-corrected chi connectivity index (χ3v) is 6.72. The van der Waals surface area contributed by atoms with Crippen molar-refractivity contribution in [3.63, 3.8) is 0 Å². The van der Waals surface area contributed by atoms with E-state index in [1.165, 1.54) is 5.56 Å². The third kappa shape index (κ3) is 3.34. The molecule has 0 aliphatic carbocycles. The lowest BCUT2D eigenvalue weighted by Gasteiger charge is -2.36.